The van der Waals surface area contributed by atoms with E-state index in [2.05, 4.69) is 41.4 Å². The molecule has 138 valence electrons. The quantitative estimate of drug-likeness (QED) is 0.836. The number of rotatable bonds is 4. The zero-order valence-corrected chi connectivity index (χ0v) is 15.1. The first-order chi connectivity index (χ1) is 12.7. The highest BCUT2D eigenvalue weighted by Gasteiger charge is 2.23. The van der Waals surface area contributed by atoms with Gasteiger partial charge < -0.3 is 15.0 Å². The first-order valence-corrected chi connectivity index (χ1v) is 9.39. The number of carbonyl (C=O) groups excluding carboxylic acids is 2. The van der Waals surface area contributed by atoms with Crippen LogP contribution in [0.5, 0.6) is 0 Å². The van der Waals surface area contributed by atoms with Crippen molar-refractivity contribution in [3.63, 3.8) is 0 Å². The number of carbonyl (C=O) groups is 2. The lowest BCUT2D eigenvalue weighted by atomic mass is 9.90. The first-order valence-electron chi connectivity index (χ1n) is 9.39. The number of amides is 2. The molecule has 1 aromatic rings. The Morgan fingerprint density at radius 1 is 1.15 bits per heavy atom. The van der Waals surface area contributed by atoms with Gasteiger partial charge in [0.1, 0.15) is 0 Å². The molecule has 1 atom stereocenters. The van der Waals surface area contributed by atoms with Crippen molar-refractivity contribution in [3.05, 3.63) is 35.9 Å². The monoisotopic (exact) mass is 354 g/mol. The summed E-state index contributed by atoms with van der Waals surface area (Å²) >= 11 is 0. The van der Waals surface area contributed by atoms with Gasteiger partial charge in [0.25, 0.3) is 5.91 Å². The summed E-state index contributed by atoms with van der Waals surface area (Å²) in [6, 6.07) is 10.5. The van der Waals surface area contributed by atoms with Gasteiger partial charge in [-0.15, -0.1) is 0 Å². The molecule has 5 nitrogen and oxygen atoms in total. The minimum atomic E-state index is -0.385. The molecule has 0 bridgehead atoms. The molecular weight excluding hydrogens is 328 g/mol. The van der Waals surface area contributed by atoms with Gasteiger partial charge in [0, 0.05) is 25.6 Å². The van der Waals surface area contributed by atoms with Crippen LogP contribution in [0.3, 0.4) is 0 Å². The summed E-state index contributed by atoms with van der Waals surface area (Å²) in [6.07, 6.45) is 3.96. The lowest BCUT2D eigenvalue weighted by Gasteiger charge is -2.32. The van der Waals surface area contributed by atoms with E-state index in [4.69, 9.17) is 4.74 Å². The SMILES string of the molecule is O=C(C#C[C@@H]1CCOC1)NCC(=O)N1CCC(Cc2ccccc2)CC1. The molecule has 2 saturated heterocycles. The molecule has 2 heterocycles. The molecule has 5 heteroatoms. The third kappa shape index (κ3) is 5.60. The van der Waals surface area contributed by atoms with Crippen molar-refractivity contribution in [1.82, 2.24) is 10.2 Å². The van der Waals surface area contributed by atoms with Gasteiger partial charge in [-0.05, 0) is 43.1 Å². The van der Waals surface area contributed by atoms with Crippen molar-refractivity contribution in [3.8, 4) is 11.8 Å². The zero-order valence-electron chi connectivity index (χ0n) is 15.1. The highest BCUT2D eigenvalue weighted by Crippen LogP contribution is 2.21. The molecule has 3 rings (SSSR count). The smallest absolute Gasteiger partial charge is 0.296 e. The van der Waals surface area contributed by atoms with Crippen molar-refractivity contribution in [2.24, 2.45) is 11.8 Å². The largest absolute Gasteiger partial charge is 0.380 e. The molecule has 0 spiro atoms. The Balaban J connectivity index is 1.36. The van der Waals surface area contributed by atoms with Crippen LogP contribution in [-0.2, 0) is 20.7 Å². The molecule has 2 fully saturated rings. The van der Waals surface area contributed by atoms with Crippen molar-refractivity contribution >= 4 is 11.8 Å². The van der Waals surface area contributed by atoms with Crippen LogP contribution in [0.2, 0.25) is 0 Å². The second kappa shape index (κ2) is 9.40. The Morgan fingerprint density at radius 3 is 2.62 bits per heavy atom. The fraction of sp³-hybridized carbons (Fsp3) is 0.524. The average Bonchev–Trinajstić information content (AvgIpc) is 3.19. The Hall–Kier alpha value is -2.32. The Morgan fingerprint density at radius 2 is 1.92 bits per heavy atom. The number of benzene rings is 1. The normalized spacial score (nSPS) is 20.3. The maximum atomic E-state index is 12.3. The van der Waals surface area contributed by atoms with Gasteiger partial charge in [-0.2, -0.15) is 0 Å². The van der Waals surface area contributed by atoms with E-state index in [1.54, 1.807) is 0 Å². The molecule has 0 aliphatic carbocycles. The third-order valence-electron chi connectivity index (χ3n) is 5.05. The number of nitrogens with zero attached hydrogens (tertiary/aromatic N) is 1. The summed E-state index contributed by atoms with van der Waals surface area (Å²) in [5.74, 6) is 5.82. The maximum Gasteiger partial charge on any atom is 0.296 e. The number of piperidine rings is 1. The van der Waals surface area contributed by atoms with Crippen molar-refractivity contribution in [2.75, 3.05) is 32.8 Å². The summed E-state index contributed by atoms with van der Waals surface area (Å²) in [4.78, 5) is 25.9. The summed E-state index contributed by atoms with van der Waals surface area (Å²) in [6.45, 7) is 2.85. The minimum Gasteiger partial charge on any atom is -0.380 e. The topological polar surface area (TPSA) is 58.6 Å². The van der Waals surface area contributed by atoms with Crippen LogP contribution in [-0.4, -0.2) is 49.6 Å². The van der Waals surface area contributed by atoms with E-state index in [9.17, 15) is 9.59 Å². The zero-order chi connectivity index (χ0) is 18.2. The fourth-order valence-corrected chi connectivity index (χ4v) is 3.46. The van der Waals surface area contributed by atoms with Gasteiger partial charge >= 0.3 is 0 Å². The molecule has 2 amide bonds. The number of hydrogen-bond acceptors (Lipinski definition) is 3. The standard InChI is InChI=1S/C21H26N2O3/c24-20(7-6-19-10-13-26-16-19)22-15-21(25)23-11-8-18(9-12-23)14-17-4-2-1-3-5-17/h1-5,18-19H,8-16H2,(H,22,24)/t19-/m1/s1. The summed E-state index contributed by atoms with van der Waals surface area (Å²) in [5.41, 5.74) is 1.36. The van der Waals surface area contributed by atoms with Crippen LogP contribution in [0.4, 0.5) is 0 Å². The third-order valence-corrected chi connectivity index (χ3v) is 5.05. The molecule has 2 aliphatic heterocycles. The lowest BCUT2D eigenvalue weighted by molar-refractivity contribution is -0.133. The first kappa shape index (κ1) is 18.5. The van der Waals surface area contributed by atoms with Gasteiger partial charge in [0.2, 0.25) is 5.91 Å². The predicted molar refractivity (Wildman–Crippen MR) is 99.2 cm³/mol. The predicted octanol–water partition coefficient (Wildman–Crippen LogP) is 1.62. The Bertz CT molecular complexity index is 663. The maximum absolute atomic E-state index is 12.3. The van der Waals surface area contributed by atoms with E-state index < -0.39 is 0 Å². The molecule has 26 heavy (non-hydrogen) atoms. The lowest BCUT2D eigenvalue weighted by Crippen LogP contribution is -2.44. The highest BCUT2D eigenvalue weighted by molar-refractivity contribution is 5.95. The van der Waals surface area contributed by atoms with E-state index in [1.165, 1.54) is 5.56 Å². The second-order valence-corrected chi connectivity index (χ2v) is 7.03. The van der Waals surface area contributed by atoms with E-state index in [0.29, 0.717) is 19.1 Å². The number of ether oxygens (including phenoxy) is 1. The van der Waals surface area contributed by atoms with Gasteiger partial charge in [-0.1, -0.05) is 36.3 Å². The summed E-state index contributed by atoms with van der Waals surface area (Å²) in [5, 5.41) is 2.61. The van der Waals surface area contributed by atoms with Crippen LogP contribution in [0.1, 0.15) is 24.8 Å². The van der Waals surface area contributed by atoms with Crippen molar-refractivity contribution in [1.29, 1.82) is 0 Å². The molecule has 0 radical (unpaired) electrons. The molecule has 1 aromatic carbocycles. The van der Waals surface area contributed by atoms with Crippen LogP contribution < -0.4 is 5.32 Å². The average molecular weight is 354 g/mol. The number of hydrogen-bond donors (Lipinski definition) is 1. The van der Waals surface area contributed by atoms with Gasteiger partial charge in [-0.3, -0.25) is 9.59 Å². The van der Waals surface area contributed by atoms with Crippen molar-refractivity contribution in [2.45, 2.75) is 25.7 Å². The van der Waals surface area contributed by atoms with E-state index >= 15 is 0 Å². The molecule has 0 saturated carbocycles. The van der Waals surface area contributed by atoms with Crippen LogP contribution >= 0.6 is 0 Å². The Labute approximate surface area is 155 Å². The van der Waals surface area contributed by atoms with Crippen LogP contribution in [0.15, 0.2) is 30.3 Å². The molecule has 1 N–H and O–H groups in total. The van der Waals surface area contributed by atoms with Gasteiger partial charge in [-0.25, -0.2) is 0 Å². The van der Waals surface area contributed by atoms with E-state index in [0.717, 1.165) is 38.8 Å². The van der Waals surface area contributed by atoms with Gasteiger partial charge in [0.15, 0.2) is 0 Å². The Kier molecular flexibility index (Phi) is 6.68. The minimum absolute atomic E-state index is 0.0255. The second-order valence-electron chi connectivity index (χ2n) is 7.03. The number of nitrogens with one attached hydrogen (secondary N) is 1. The number of likely N-dealkylation sites (tertiary alicyclic amines) is 1. The highest BCUT2D eigenvalue weighted by atomic mass is 16.5. The molecule has 2 aliphatic rings. The summed E-state index contributed by atoms with van der Waals surface area (Å²) < 4.78 is 5.22. The molecule has 0 aromatic heterocycles. The van der Waals surface area contributed by atoms with Gasteiger partial charge in [0.05, 0.1) is 13.2 Å². The van der Waals surface area contributed by atoms with E-state index in [1.807, 2.05) is 11.0 Å². The summed E-state index contributed by atoms with van der Waals surface area (Å²) in [7, 11) is 0. The van der Waals surface area contributed by atoms with Crippen molar-refractivity contribution < 1.29 is 14.3 Å². The fourth-order valence-electron chi connectivity index (χ4n) is 3.46. The molecular formula is C21H26N2O3. The van der Waals surface area contributed by atoms with E-state index in [-0.39, 0.29) is 24.3 Å². The molecule has 0 unspecified atom stereocenters. The van der Waals surface area contributed by atoms with Crippen LogP contribution in [0.25, 0.3) is 0 Å². The van der Waals surface area contributed by atoms with Crippen LogP contribution in [0, 0.1) is 23.7 Å².